The van der Waals surface area contributed by atoms with E-state index >= 15 is 0 Å². The molecule has 0 aromatic heterocycles. The summed E-state index contributed by atoms with van der Waals surface area (Å²) in [7, 11) is 0. The van der Waals surface area contributed by atoms with E-state index < -0.39 is 0 Å². The van der Waals surface area contributed by atoms with Gasteiger partial charge >= 0.3 is 22.4 Å². The second-order valence-corrected chi connectivity index (χ2v) is 7.86. The van der Waals surface area contributed by atoms with E-state index in [4.69, 9.17) is 10.2 Å². The van der Waals surface area contributed by atoms with E-state index in [1.807, 2.05) is 0 Å². The molecule has 0 saturated heterocycles. The fourth-order valence-electron chi connectivity index (χ4n) is 4.15. The number of nitrogens with zero attached hydrogens (tertiary/aromatic N) is 3. The van der Waals surface area contributed by atoms with Crippen LogP contribution in [0.2, 0.25) is 0 Å². The molecule has 4 nitrogen and oxygen atoms in total. The van der Waals surface area contributed by atoms with E-state index in [1.165, 1.54) is 33.6 Å². The summed E-state index contributed by atoms with van der Waals surface area (Å²) in [5.41, 5.74) is 7.52. The minimum Gasteiger partial charge on any atom is -0.724 e. The molecule has 0 N–H and O–H groups in total. The molecule has 0 spiro atoms. The normalized spacial score (nSPS) is 12.3. The van der Waals surface area contributed by atoms with Crippen molar-refractivity contribution < 1.29 is 27.2 Å². The second-order valence-electron chi connectivity index (χ2n) is 7.86. The van der Waals surface area contributed by atoms with Gasteiger partial charge in [0.25, 0.3) is 0 Å². The van der Waals surface area contributed by atoms with Crippen molar-refractivity contribution in [1.82, 2.24) is 9.80 Å². The van der Waals surface area contributed by atoms with Gasteiger partial charge in [-0.25, -0.2) is 0 Å². The molecule has 35 heavy (non-hydrogen) atoms. The van der Waals surface area contributed by atoms with Crippen LogP contribution in [0.4, 0.5) is 0 Å². The zero-order valence-electron chi connectivity index (χ0n) is 19.1. The Morgan fingerprint density at radius 1 is 0.571 bits per heavy atom. The first-order chi connectivity index (χ1) is 16.8. The van der Waals surface area contributed by atoms with Gasteiger partial charge in [-0.3, -0.25) is 4.79 Å². The van der Waals surface area contributed by atoms with Gasteiger partial charge in [0.05, 0.1) is 0 Å². The Morgan fingerprint density at radius 2 is 0.857 bits per heavy atom. The first kappa shape index (κ1) is 26.0. The molecule has 1 aliphatic heterocycles. The molecule has 0 atom stereocenters. The van der Waals surface area contributed by atoms with E-state index in [0.29, 0.717) is 6.08 Å². The van der Waals surface area contributed by atoms with Crippen molar-refractivity contribution in [1.29, 1.82) is 0 Å². The van der Waals surface area contributed by atoms with Crippen LogP contribution in [0.25, 0.3) is 16.8 Å². The van der Waals surface area contributed by atoms with Gasteiger partial charge in [-0.1, -0.05) is 121 Å². The van der Waals surface area contributed by atoms with Crippen molar-refractivity contribution in [2.24, 2.45) is 0 Å². The van der Waals surface area contributed by atoms with E-state index in [2.05, 4.69) is 138 Å². The summed E-state index contributed by atoms with van der Waals surface area (Å²) < 4.78 is 0. The molecule has 5 rings (SSSR count). The average Bonchev–Trinajstić information content (AvgIpc) is 3.24. The number of rotatable bonds is 6. The summed E-state index contributed by atoms with van der Waals surface area (Å²) in [6, 6.07) is 42.8. The third-order valence-corrected chi connectivity index (χ3v) is 5.56. The van der Waals surface area contributed by atoms with Gasteiger partial charge in [0.1, 0.15) is 0 Å². The molecule has 0 fully saturated rings. The fourth-order valence-corrected chi connectivity index (χ4v) is 4.15. The summed E-state index contributed by atoms with van der Waals surface area (Å²) in [4.78, 5) is 13.0. The van der Waals surface area contributed by atoms with Crippen LogP contribution in [-0.4, -0.2) is 15.9 Å². The smallest absolute Gasteiger partial charge is 0.724 e. The molecule has 5 heteroatoms. The predicted molar refractivity (Wildman–Crippen MR) is 137 cm³/mol. The van der Waals surface area contributed by atoms with Crippen LogP contribution in [0.5, 0.6) is 0 Å². The van der Waals surface area contributed by atoms with Crippen molar-refractivity contribution >= 4 is 17.5 Å². The molecule has 0 amide bonds. The van der Waals surface area contributed by atoms with Crippen LogP contribution in [0.1, 0.15) is 22.3 Å². The zero-order valence-corrected chi connectivity index (χ0v) is 21.3. The summed E-state index contributed by atoms with van der Waals surface area (Å²) in [5.74, 6) is 0. The van der Waals surface area contributed by atoms with Gasteiger partial charge in [0.15, 0.2) is 0 Å². The molecule has 1 heterocycles. The van der Waals surface area contributed by atoms with Gasteiger partial charge in [-0.05, 0) is 28.3 Å². The predicted octanol–water partition coefficient (Wildman–Crippen LogP) is 6.54. The van der Waals surface area contributed by atoms with Crippen molar-refractivity contribution in [3.63, 3.8) is 0 Å². The molecule has 0 aliphatic carbocycles. The minimum atomic E-state index is 0. The molecule has 1 aliphatic rings. The Balaban J connectivity index is 0.000000815. The SMILES string of the molecule is [Au+].[N-]=C=O.c1ccc(CN2[CH-]N(Cc3ccccc3)C(c3ccccc3)=C2c2ccccc2)cc1. The van der Waals surface area contributed by atoms with Crippen LogP contribution in [0.15, 0.2) is 121 Å². The molecule has 4 aromatic rings. The third kappa shape index (κ3) is 6.69. The number of isocyanates is 1. The first-order valence-corrected chi connectivity index (χ1v) is 11.1. The number of benzene rings is 4. The maximum atomic E-state index is 8.24. The van der Waals surface area contributed by atoms with E-state index in [-0.39, 0.29) is 22.4 Å². The van der Waals surface area contributed by atoms with Gasteiger partial charge in [-0.2, -0.15) is 6.67 Å². The second kappa shape index (κ2) is 13.3. The maximum absolute atomic E-state index is 8.24. The first-order valence-electron chi connectivity index (χ1n) is 11.1. The number of carbonyl (C=O) groups excluding carboxylic acids is 1. The van der Waals surface area contributed by atoms with Gasteiger partial charge in [0, 0.05) is 24.5 Å². The molecule has 0 bridgehead atoms. The largest absolute Gasteiger partial charge is 1.00 e. The average molecular weight is 641 g/mol. The molecular weight excluding hydrogens is 615 g/mol. The monoisotopic (exact) mass is 640 g/mol. The quantitative estimate of drug-likeness (QED) is 0.104. The third-order valence-electron chi connectivity index (χ3n) is 5.56. The van der Waals surface area contributed by atoms with Gasteiger partial charge < -0.3 is 15.2 Å². The van der Waals surface area contributed by atoms with Crippen molar-refractivity contribution in [2.75, 3.05) is 0 Å². The number of hydrogen-bond donors (Lipinski definition) is 0. The van der Waals surface area contributed by atoms with Crippen LogP contribution >= 0.6 is 0 Å². The molecule has 0 unspecified atom stereocenters. The topological polar surface area (TPSA) is 45.9 Å². The maximum Gasteiger partial charge on any atom is 1.00 e. The van der Waals surface area contributed by atoms with Gasteiger partial charge in [-0.15, -0.1) is 0 Å². The fraction of sp³-hybridized carbons (Fsp3) is 0.0667. The van der Waals surface area contributed by atoms with Crippen LogP contribution in [0.3, 0.4) is 0 Å². The van der Waals surface area contributed by atoms with E-state index in [9.17, 15) is 0 Å². The molecule has 4 aromatic carbocycles. The summed E-state index contributed by atoms with van der Waals surface area (Å²) in [5, 5.41) is 6.76. The van der Waals surface area contributed by atoms with Crippen molar-refractivity contribution in [3.8, 4) is 0 Å². The summed E-state index contributed by atoms with van der Waals surface area (Å²) in [6.45, 7) is 3.92. The number of hydrogen-bond acceptors (Lipinski definition) is 3. The summed E-state index contributed by atoms with van der Waals surface area (Å²) >= 11 is 0. The van der Waals surface area contributed by atoms with Gasteiger partial charge in [0.2, 0.25) is 0 Å². The van der Waals surface area contributed by atoms with E-state index in [1.54, 1.807) is 0 Å². The standard InChI is InChI=1S/C29H25N2.CNO.Au/c1-5-13-24(14-6-1)21-30-23-31(22-25-15-7-2-8-16-25)29(27-19-11-4-12-20-27)28(30)26-17-9-3-10-18-26;2-1-3;/h1-20,23H,21-22H2;;/q2*-1;+1. The Hall–Kier alpha value is -3.66. The molecular formula is C30H25AuN3O-. The summed E-state index contributed by atoms with van der Waals surface area (Å²) in [6.07, 6.45) is 0.500. The molecule has 178 valence electrons. The van der Waals surface area contributed by atoms with Crippen LogP contribution in [0, 0.1) is 6.67 Å². The van der Waals surface area contributed by atoms with E-state index in [0.717, 1.165) is 13.1 Å². The van der Waals surface area contributed by atoms with Crippen LogP contribution in [-0.2, 0) is 40.3 Å². The zero-order chi connectivity index (χ0) is 23.6. The van der Waals surface area contributed by atoms with Crippen LogP contribution < -0.4 is 0 Å². The molecule has 0 radical (unpaired) electrons. The Bertz CT molecular complexity index is 1150. The van der Waals surface area contributed by atoms with Crippen molar-refractivity contribution in [3.05, 3.63) is 156 Å². The molecule has 0 saturated carbocycles. The van der Waals surface area contributed by atoms with Crippen molar-refractivity contribution in [2.45, 2.75) is 13.1 Å². The Labute approximate surface area is 222 Å². The minimum absolute atomic E-state index is 0. The Morgan fingerprint density at radius 3 is 1.17 bits per heavy atom. The Kier molecular flexibility index (Phi) is 9.85.